The summed E-state index contributed by atoms with van der Waals surface area (Å²) in [6, 6.07) is 20.7. The predicted molar refractivity (Wildman–Crippen MR) is 144 cm³/mol. The summed E-state index contributed by atoms with van der Waals surface area (Å²) < 4.78 is 12.9. The van der Waals surface area contributed by atoms with Gasteiger partial charge in [0.05, 0.1) is 11.0 Å². The van der Waals surface area contributed by atoms with Crippen LogP contribution in [0.5, 0.6) is 10.9 Å². The van der Waals surface area contributed by atoms with Crippen molar-refractivity contribution in [1.82, 2.24) is 19.8 Å². The summed E-state index contributed by atoms with van der Waals surface area (Å²) in [7, 11) is 0. The van der Waals surface area contributed by atoms with Gasteiger partial charge in [-0.05, 0) is 36.2 Å². The van der Waals surface area contributed by atoms with E-state index in [-0.39, 0.29) is 6.47 Å². The number of carboxylic acid groups (broad SMARTS) is 1. The molecule has 0 radical (unpaired) electrons. The van der Waals surface area contributed by atoms with Crippen molar-refractivity contribution in [3.05, 3.63) is 84.3 Å². The molecule has 190 valence electrons. The van der Waals surface area contributed by atoms with Crippen LogP contribution in [0.1, 0.15) is 11.1 Å². The lowest BCUT2D eigenvalue weighted by Gasteiger charge is -2.34. The van der Waals surface area contributed by atoms with Crippen molar-refractivity contribution >= 4 is 39.1 Å². The van der Waals surface area contributed by atoms with Crippen LogP contribution in [-0.2, 0) is 17.8 Å². The molecule has 8 nitrogen and oxygen atoms in total. The number of pyridine rings is 1. The van der Waals surface area contributed by atoms with Crippen molar-refractivity contribution in [2.75, 3.05) is 32.7 Å². The first-order valence-electron chi connectivity index (χ1n) is 12.2. The van der Waals surface area contributed by atoms with Gasteiger partial charge in [-0.1, -0.05) is 41.7 Å². The molecule has 1 aliphatic rings. The van der Waals surface area contributed by atoms with Crippen molar-refractivity contribution in [3.8, 4) is 10.9 Å². The van der Waals surface area contributed by atoms with E-state index in [0.717, 1.165) is 67.1 Å². The lowest BCUT2D eigenvalue weighted by Crippen LogP contribution is -2.46. The van der Waals surface area contributed by atoms with E-state index in [1.807, 2.05) is 30.5 Å². The first kappa shape index (κ1) is 24.9. The fraction of sp³-hybridized carbons (Fsp3) is 0.250. The minimum Gasteiger partial charge on any atom is -0.483 e. The van der Waals surface area contributed by atoms with Gasteiger partial charge < -0.3 is 19.2 Å². The summed E-state index contributed by atoms with van der Waals surface area (Å²) in [6.45, 7) is 6.15. The highest BCUT2D eigenvalue weighted by Gasteiger charge is 2.19. The molecule has 5 aromatic rings. The molecule has 37 heavy (non-hydrogen) atoms. The van der Waals surface area contributed by atoms with Crippen molar-refractivity contribution in [2.45, 2.75) is 13.0 Å². The van der Waals surface area contributed by atoms with Crippen LogP contribution in [0.15, 0.2) is 77.5 Å². The summed E-state index contributed by atoms with van der Waals surface area (Å²) in [4.78, 5) is 22.2. The number of nitrogens with zero attached hydrogens (tertiary/aromatic N) is 4. The molecule has 6 rings (SSSR count). The molecular formula is C28H28N4O4S. The Kier molecular flexibility index (Phi) is 8.05. The maximum atomic E-state index is 8.36. The number of piperazine rings is 1. The Morgan fingerprint density at radius 2 is 1.81 bits per heavy atom. The zero-order valence-electron chi connectivity index (χ0n) is 20.3. The molecule has 0 unspecified atom stereocenters. The van der Waals surface area contributed by atoms with E-state index in [9.17, 15) is 0 Å². The van der Waals surface area contributed by atoms with Crippen LogP contribution in [0.2, 0.25) is 0 Å². The van der Waals surface area contributed by atoms with Gasteiger partial charge in [-0.2, -0.15) is 4.98 Å². The summed E-state index contributed by atoms with van der Waals surface area (Å²) in [6.07, 6.45) is 4.75. The van der Waals surface area contributed by atoms with Crippen LogP contribution in [0.25, 0.3) is 21.3 Å². The van der Waals surface area contributed by atoms with Crippen LogP contribution in [0.4, 0.5) is 0 Å². The minimum atomic E-state index is -0.250. The van der Waals surface area contributed by atoms with E-state index in [1.165, 1.54) is 22.5 Å². The Bertz CT molecular complexity index is 1410. The Hall–Kier alpha value is -3.79. The van der Waals surface area contributed by atoms with Gasteiger partial charge in [0.25, 0.3) is 11.7 Å². The highest BCUT2D eigenvalue weighted by molar-refractivity contribution is 7.20. The summed E-state index contributed by atoms with van der Waals surface area (Å²) in [5.74, 6) is 0.722. The third-order valence-corrected chi connectivity index (χ3v) is 7.28. The molecule has 4 heterocycles. The summed E-state index contributed by atoms with van der Waals surface area (Å²) in [5, 5.41) is 8.62. The summed E-state index contributed by atoms with van der Waals surface area (Å²) >= 11 is 1.49. The number of rotatable bonds is 7. The van der Waals surface area contributed by atoms with Gasteiger partial charge >= 0.3 is 0 Å². The number of hydrogen-bond acceptors (Lipinski definition) is 8. The van der Waals surface area contributed by atoms with Crippen molar-refractivity contribution in [2.24, 2.45) is 0 Å². The second kappa shape index (κ2) is 12.0. The molecule has 0 atom stereocenters. The third kappa shape index (κ3) is 6.32. The van der Waals surface area contributed by atoms with E-state index in [2.05, 4.69) is 56.2 Å². The minimum absolute atomic E-state index is 0.250. The van der Waals surface area contributed by atoms with Crippen LogP contribution < -0.4 is 4.74 Å². The largest absolute Gasteiger partial charge is 0.483 e. The molecule has 9 heteroatoms. The fourth-order valence-corrected chi connectivity index (χ4v) is 5.28. The lowest BCUT2D eigenvalue weighted by atomic mass is 10.1. The van der Waals surface area contributed by atoms with E-state index >= 15 is 0 Å². The predicted octanol–water partition coefficient (Wildman–Crippen LogP) is 5.29. The van der Waals surface area contributed by atoms with Gasteiger partial charge in [-0.25, -0.2) is 4.98 Å². The van der Waals surface area contributed by atoms with Crippen LogP contribution in [-0.4, -0.2) is 64.1 Å². The Labute approximate surface area is 218 Å². The molecule has 2 aromatic carbocycles. The number of benzene rings is 2. The second-order valence-electron chi connectivity index (χ2n) is 8.78. The SMILES string of the molecule is O=CO.c1ccc(CCN2CCN(Cc3coc4cc(Oc5nc6ncccc6s5)ccc34)CC2)cc1. The molecular weight excluding hydrogens is 488 g/mol. The van der Waals surface area contributed by atoms with Crippen LogP contribution in [0.3, 0.4) is 0 Å². The Balaban J connectivity index is 0.000000892. The van der Waals surface area contributed by atoms with E-state index in [0.29, 0.717) is 10.8 Å². The first-order valence-corrected chi connectivity index (χ1v) is 13.0. The zero-order valence-corrected chi connectivity index (χ0v) is 21.1. The highest BCUT2D eigenvalue weighted by Crippen LogP contribution is 2.33. The van der Waals surface area contributed by atoms with Gasteiger partial charge in [-0.3, -0.25) is 9.69 Å². The quantitative estimate of drug-likeness (QED) is 0.292. The standard InChI is InChI=1S/C27H26N4O2S.CH2O2/c1-2-5-20(6-3-1)10-12-30-13-15-31(16-14-30)18-21-19-32-24-17-22(8-9-23(21)24)33-27-29-26-25(34-27)7-4-11-28-26;2-1-3/h1-9,11,17,19H,10,12-16,18H2;1H,(H,2,3). The smallest absolute Gasteiger partial charge is 0.290 e. The van der Waals surface area contributed by atoms with E-state index in [4.69, 9.17) is 19.1 Å². The lowest BCUT2D eigenvalue weighted by molar-refractivity contribution is -0.122. The fourth-order valence-electron chi connectivity index (χ4n) is 4.49. The molecule has 3 aromatic heterocycles. The monoisotopic (exact) mass is 516 g/mol. The van der Waals surface area contributed by atoms with Crippen LogP contribution in [0, 0.1) is 0 Å². The van der Waals surface area contributed by atoms with Gasteiger partial charge in [0.1, 0.15) is 11.3 Å². The number of aromatic nitrogens is 2. The first-order chi connectivity index (χ1) is 18.2. The van der Waals surface area contributed by atoms with Gasteiger partial charge in [0, 0.05) is 62.5 Å². The number of fused-ring (bicyclic) bond motifs is 2. The normalized spacial score (nSPS) is 14.4. The zero-order chi connectivity index (χ0) is 25.5. The van der Waals surface area contributed by atoms with Gasteiger partial charge in [0.2, 0.25) is 0 Å². The Morgan fingerprint density at radius 3 is 2.59 bits per heavy atom. The van der Waals surface area contributed by atoms with Gasteiger partial charge in [-0.15, -0.1) is 0 Å². The maximum absolute atomic E-state index is 8.36. The molecule has 0 bridgehead atoms. The van der Waals surface area contributed by atoms with E-state index < -0.39 is 0 Å². The molecule has 0 aliphatic carbocycles. The van der Waals surface area contributed by atoms with Crippen LogP contribution >= 0.6 is 11.3 Å². The molecule has 1 fully saturated rings. The van der Waals surface area contributed by atoms with Crippen molar-refractivity contribution in [3.63, 3.8) is 0 Å². The molecule has 1 saturated heterocycles. The number of ether oxygens (including phenoxy) is 1. The molecule has 0 amide bonds. The highest BCUT2D eigenvalue weighted by atomic mass is 32.1. The molecule has 0 spiro atoms. The average Bonchev–Trinajstić information content (AvgIpc) is 3.52. The number of hydrogen-bond donors (Lipinski definition) is 1. The van der Waals surface area contributed by atoms with Gasteiger partial charge in [0.15, 0.2) is 5.65 Å². The van der Waals surface area contributed by atoms with Crippen molar-refractivity contribution < 1.29 is 19.1 Å². The molecule has 0 saturated carbocycles. The summed E-state index contributed by atoms with van der Waals surface area (Å²) in [5.41, 5.74) is 4.19. The number of furan rings is 1. The third-order valence-electron chi connectivity index (χ3n) is 6.40. The average molecular weight is 517 g/mol. The molecule has 1 aliphatic heterocycles. The maximum Gasteiger partial charge on any atom is 0.290 e. The van der Waals surface area contributed by atoms with Crippen molar-refractivity contribution in [1.29, 1.82) is 0 Å². The molecule has 1 N–H and O–H groups in total. The number of carbonyl (C=O) groups is 1. The number of thiazole rings is 1. The van der Waals surface area contributed by atoms with E-state index in [1.54, 1.807) is 6.20 Å². The topological polar surface area (TPSA) is 91.9 Å². The Morgan fingerprint density at radius 1 is 1.03 bits per heavy atom. The second-order valence-corrected chi connectivity index (χ2v) is 9.78.